The van der Waals surface area contributed by atoms with Gasteiger partial charge in [-0.05, 0) is 68.0 Å². The minimum Gasteiger partial charge on any atom is -0.487 e. The van der Waals surface area contributed by atoms with Crippen molar-refractivity contribution in [2.45, 2.75) is 37.7 Å². The highest BCUT2D eigenvalue weighted by molar-refractivity contribution is 6.03. The molecule has 0 saturated heterocycles. The topological polar surface area (TPSA) is 80.1 Å². The number of aromatic nitrogens is 2. The summed E-state index contributed by atoms with van der Waals surface area (Å²) in [5.41, 5.74) is 2.97. The number of carbonyl (C=O) groups is 1. The van der Waals surface area contributed by atoms with Crippen LogP contribution in [0, 0.1) is 0 Å². The maximum absolute atomic E-state index is 12.5. The van der Waals surface area contributed by atoms with Crippen molar-refractivity contribution in [3.05, 3.63) is 53.9 Å². The van der Waals surface area contributed by atoms with Gasteiger partial charge in [-0.3, -0.25) is 9.89 Å². The summed E-state index contributed by atoms with van der Waals surface area (Å²) in [6.45, 7) is 0. The number of hydrogen-bond acceptors (Lipinski definition) is 4. The first kappa shape index (κ1) is 15.3. The number of amides is 1. The monoisotopic (exact) mass is 349 g/mol. The van der Waals surface area contributed by atoms with E-state index in [-0.39, 0.29) is 11.5 Å². The number of ether oxygens (including phenoxy) is 1. The minimum absolute atomic E-state index is 0.0784. The molecule has 0 bridgehead atoms. The van der Waals surface area contributed by atoms with Gasteiger partial charge in [-0.15, -0.1) is 0 Å². The number of rotatable bonds is 3. The fourth-order valence-corrected chi connectivity index (χ4v) is 3.71. The molecule has 1 aliphatic carbocycles. The predicted octanol–water partition coefficient (Wildman–Crippen LogP) is 4.17. The molecule has 1 aromatic carbocycles. The third kappa shape index (κ3) is 2.58. The van der Waals surface area contributed by atoms with Gasteiger partial charge in [-0.1, -0.05) is 0 Å². The Labute approximate surface area is 150 Å². The molecule has 2 aromatic heterocycles. The Hall–Kier alpha value is -3.02. The van der Waals surface area contributed by atoms with E-state index in [2.05, 4.69) is 15.5 Å². The lowest BCUT2D eigenvalue weighted by Gasteiger charge is -2.45. The van der Waals surface area contributed by atoms with E-state index >= 15 is 0 Å². The number of nitrogens with zero attached hydrogens (tertiary/aromatic N) is 1. The number of aryl methyl sites for hydroxylation is 1. The Balaban J connectivity index is 1.31. The van der Waals surface area contributed by atoms with Crippen LogP contribution >= 0.6 is 0 Å². The first-order valence-corrected chi connectivity index (χ1v) is 8.93. The Kier molecular flexibility index (Phi) is 3.38. The lowest BCUT2D eigenvalue weighted by Crippen LogP contribution is -2.45. The molecule has 1 aliphatic heterocycles. The molecule has 1 fully saturated rings. The zero-order valence-corrected chi connectivity index (χ0v) is 14.2. The molecule has 1 amide bonds. The van der Waals surface area contributed by atoms with E-state index in [1.165, 1.54) is 6.42 Å². The quantitative estimate of drug-likeness (QED) is 0.744. The van der Waals surface area contributed by atoms with Crippen molar-refractivity contribution in [1.82, 2.24) is 10.2 Å². The van der Waals surface area contributed by atoms with E-state index in [0.717, 1.165) is 42.7 Å². The van der Waals surface area contributed by atoms with Crippen LogP contribution in [0.15, 0.2) is 47.1 Å². The van der Waals surface area contributed by atoms with Crippen LogP contribution in [0.4, 0.5) is 5.69 Å². The molecule has 2 N–H and O–H groups in total. The Bertz CT molecular complexity index is 955. The number of hydrogen-bond donors (Lipinski definition) is 2. The summed E-state index contributed by atoms with van der Waals surface area (Å²) >= 11 is 0. The molecule has 0 radical (unpaired) electrons. The fourth-order valence-electron chi connectivity index (χ4n) is 3.71. The SMILES string of the molecule is O=C(Nc1ccc2c(c1)CCC1(CCC1)O2)c1cc(-c2ccco2)[nH]n1. The number of furan rings is 1. The molecule has 1 saturated carbocycles. The molecule has 0 atom stereocenters. The number of nitrogens with one attached hydrogen (secondary N) is 2. The van der Waals surface area contributed by atoms with E-state index in [9.17, 15) is 4.79 Å². The average Bonchev–Trinajstić information content (AvgIpc) is 3.31. The van der Waals surface area contributed by atoms with Crippen LogP contribution in [0.3, 0.4) is 0 Å². The van der Waals surface area contributed by atoms with Crippen molar-refractivity contribution in [1.29, 1.82) is 0 Å². The van der Waals surface area contributed by atoms with Crippen LogP contribution in [0.2, 0.25) is 0 Å². The van der Waals surface area contributed by atoms with E-state index in [0.29, 0.717) is 17.1 Å². The summed E-state index contributed by atoms with van der Waals surface area (Å²) in [7, 11) is 0. The molecule has 132 valence electrons. The van der Waals surface area contributed by atoms with Crippen molar-refractivity contribution in [3.8, 4) is 17.2 Å². The van der Waals surface area contributed by atoms with Crippen LogP contribution < -0.4 is 10.1 Å². The normalized spacial score (nSPS) is 17.2. The van der Waals surface area contributed by atoms with E-state index in [1.54, 1.807) is 18.4 Å². The molecule has 0 unspecified atom stereocenters. The lowest BCUT2D eigenvalue weighted by molar-refractivity contribution is -0.0249. The fraction of sp³-hybridized carbons (Fsp3) is 0.300. The summed E-state index contributed by atoms with van der Waals surface area (Å²) in [6, 6.07) is 11.1. The highest BCUT2D eigenvalue weighted by atomic mass is 16.5. The van der Waals surface area contributed by atoms with Gasteiger partial charge in [0, 0.05) is 11.8 Å². The van der Waals surface area contributed by atoms with Gasteiger partial charge < -0.3 is 14.5 Å². The van der Waals surface area contributed by atoms with Gasteiger partial charge >= 0.3 is 0 Å². The first-order chi connectivity index (χ1) is 12.7. The molecule has 6 nitrogen and oxygen atoms in total. The maximum Gasteiger partial charge on any atom is 0.276 e. The largest absolute Gasteiger partial charge is 0.487 e. The van der Waals surface area contributed by atoms with Crippen LogP contribution in [-0.2, 0) is 6.42 Å². The van der Waals surface area contributed by atoms with Gasteiger partial charge in [0.05, 0.1) is 6.26 Å². The number of aromatic amines is 1. The third-order valence-electron chi connectivity index (χ3n) is 5.36. The van der Waals surface area contributed by atoms with Gasteiger partial charge in [-0.2, -0.15) is 5.10 Å². The number of H-pyrrole nitrogens is 1. The van der Waals surface area contributed by atoms with Gasteiger partial charge in [-0.25, -0.2) is 0 Å². The molecule has 3 heterocycles. The van der Waals surface area contributed by atoms with Crippen molar-refractivity contribution in [2.75, 3.05) is 5.32 Å². The highest BCUT2D eigenvalue weighted by Gasteiger charge is 2.41. The van der Waals surface area contributed by atoms with Crippen LogP contribution in [0.1, 0.15) is 41.7 Å². The smallest absolute Gasteiger partial charge is 0.276 e. The zero-order chi connectivity index (χ0) is 17.6. The van der Waals surface area contributed by atoms with E-state index < -0.39 is 0 Å². The van der Waals surface area contributed by atoms with Crippen molar-refractivity contribution in [2.24, 2.45) is 0 Å². The number of fused-ring (bicyclic) bond motifs is 1. The zero-order valence-electron chi connectivity index (χ0n) is 14.2. The summed E-state index contributed by atoms with van der Waals surface area (Å²) < 4.78 is 11.5. The number of benzene rings is 1. The number of anilines is 1. The Morgan fingerprint density at radius 2 is 2.12 bits per heavy atom. The summed E-state index contributed by atoms with van der Waals surface area (Å²) in [5.74, 6) is 1.34. The molecule has 26 heavy (non-hydrogen) atoms. The second-order valence-corrected chi connectivity index (χ2v) is 7.06. The predicted molar refractivity (Wildman–Crippen MR) is 96.2 cm³/mol. The average molecular weight is 349 g/mol. The van der Waals surface area contributed by atoms with E-state index in [4.69, 9.17) is 9.15 Å². The van der Waals surface area contributed by atoms with Gasteiger partial charge in [0.25, 0.3) is 5.91 Å². The van der Waals surface area contributed by atoms with Crippen molar-refractivity contribution < 1.29 is 13.9 Å². The lowest BCUT2D eigenvalue weighted by atomic mass is 9.74. The summed E-state index contributed by atoms with van der Waals surface area (Å²) in [6.07, 6.45) is 7.20. The summed E-state index contributed by atoms with van der Waals surface area (Å²) in [4.78, 5) is 12.5. The standard InChI is InChI=1S/C20H19N3O3/c24-19(16-12-15(22-23-16)18-3-1-10-25-18)21-14-4-5-17-13(11-14)6-9-20(26-17)7-2-8-20/h1,3-5,10-12H,2,6-9H2,(H,21,24)(H,22,23). The van der Waals surface area contributed by atoms with E-state index in [1.807, 2.05) is 24.3 Å². The highest BCUT2D eigenvalue weighted by Crippen LogP contribution is 2.45. The molecule has 5 rings (SSSR count). The molecule has 3 aromatic rings. The molecule has 1 spiro atoms. The minimum atomic E-state index is -0.258. The maximum atomic E-state index is 12.5. The van der Waals surface area contributed by atoms with Gasteiger partial charge in [0.1, 0.15) is 17.0 Å². The van der Waals surface area contributed by atoms with Gasteiger partial charge in [0.2, 0.25) is 0 Å². The number of carbonyl (C=O) groups excluding carboxylic acids is 1. The van der Waals surface area contributed by atoms with Crippen molar-refractivity contribution in [3.63, 3.8) is 0 Å². The van der Waals surface area contributed by atoms with Crippen LogP contribution in [-0.4, -0.2) is 21.7 Å². The summed E-state index contributed by atoms with van der Waals surface area (Å²) in [5, 5.41) is 9.80. The second kappa shape index (κ2) is 5.76. The molecule has 2 aliphatic rings. The second-order valence-electron chi connectivity index (χ2n) is 7.06. The van der Waals surface area contributed by atoms with Crippen molar-refractivity contribution >= 4 is 11.6 Å². The molecule has 6 heteroatoms. The Morgan fingerprint density at radius 3 is 2.88 bits per heavy atom. The van der Waals surface area contributed by atoms with Crippen LogP contribution in [0.5, 0.6) is 5.75 Å². The van der Waals surface area contributed by atoms with Gasteiger partial charge in [0.15, 0.2) is 11.5 Å². The molecular weight excluding hydrogens is 330 g/mol. The van der Waals surface area contributed by atoms with Crippen LogP contribution in [0.25, 0.3) is 11.5 Å². The third-order valence-corrected chi connectivity index (χ3v) is 5.36. The first-order valence-electron chi connectivity index (χ1n) is 8.93. The molecular formula is C20H19N3O3. The Morgan fingerprint density at radius 1 is 1.19 bits per heavy atom.